The molecule has 2 rings (SSSR count). The molecule has 22 heavy (non-hydrogen) atoms. The van der Waals surface area contributed by atoms with E-state index in [2.05, 4.69) is 49.7 Å². The summed E-state index contributed by atoms with van der Waals surface area (Å²) in [4.78, 5) is 2.75. The van der Waals surface area contributed by atoms with Crippen LogP contribution in [0, 0.1) is 11.8 Å². The van der Waals surface area contributed by atoms with E-state index < -0.39 is 0 Å². The molecule has 0 saturated carbocycles. The second kappa shape index (κ2) is 10.7. The van der Waals surface area contributed by atoms with Crippen LogP contribution in [-0.2, 0) is 0 Å². The highest BCUT2D eigenvalue weighted by atomic mass is 32.2. The molecule has 2 aliphatic heterocycles. The fraction of sp³-hybridized carbons (Fsp3) is 0.895. The van der Waals surface area contributed by atoms with Crippen molar-refractivity contribution in [2.75, 3.05) is 32.4 Å². The van der Waals surface area contributed by atoms with Crippen LogP contribution in [0.25, 0.3) is 0 Å². The van der Waals surface area contributed by atoms with E-state index in [-0.39, 0.29) is 0 Å². The van der Waals surface area contributed by atoms with Gasteiger partial charge in [0.05, 0.1) is 0 Å². The summed E-state index contributed by atoms with van der Waals surface area (Å²) in [5, 5.41) is 0. The maximum absolute atomic E-state index is 4.31. The molecule has 0 aromatic carbocycles. The van der Waals surface area contributed by atoms with Crippen molar-refractivity contribution in [3.8, 4) is 0 Å². The second-order valence-electron chi connectivity index (χ2n) is 7.09. The van der Waals surface area contributed by atoms with Crippen molar-refractivity contribution >= 4 is 11.9 Å². The first-order valence-corrected chi connectivity index (χ1v) is 10.4. The van der Waals surface area contributed by atoms with Gasteiger partial charge in [-0.3, -0.25) is 4.31 Å². The van der Waals surface area contributed by atoms with Crippen molar-refractivity contribution in [1.82, 2.24) is 9.21 Å². The van der Waals surface area contributed by atoms with Gasteiger partial charge in [0.25, 0.3) is 0 Å². The zero-order valence-electron chi connectivity index (χ0n) is 15.6. The van der Waals surface area contributed by atoms with E-state index in [1.807, 2.05) is 11.9 Å². The third-order valence-corrected chi connectivity index (χ3v) is 5.88. The summed E-state index contributed by atoms with van der Waals surface area (Å²) in [7, 11) is 0. The van der Waals surface area contributed by atoms with Gasteiger partial charge in [0.2, 0.25) is 0 Å². The first-order chi connectivity index (χ1) is 10.5. The molecule has 2 fully saturated rings. The molecule has 2 saturated heterocycles. The Bertz CT molecular complexity index is 301. The van der Waals surface area contributed by atoms with Crippen LogP contribution in [0.4, 0.5) is 0 Å². The zero-order valence-corrected chi connectivity index (χ0v) is 16.4. The van der Waals surface area contributed by atoms with Crippen molar-refractivity contribution in [2.24, 2.45) is 11.8 Å². The summed E-state index contributed by atoms with van der Waals surface area (Å²) in [5.41, 5.74) is 1.48. The first kappa shape index (κ1) is 20.1. The van der Waals surface area contributed by atoms with Crippen LogP contribution in [0.5, 0.6) is 0 Å². The SMILES string of the molecule is C=C(C(C)C)C1CCN(C2CCN(SC)CC2)CC1.CCC. The van der Waals surface area contributed by atoms with Crippen LogP contribution >= 0.6 is 11.9 Å². The molecule has 0 radical (unpaired) electrons. The Hall–Kier alpha value is 0.0100. The molecule has 2 aliphatic rings. The Kier molecular flexibility index (Phi) is 9.77. The van der Waals surface area contributed by atoms with Gasteiger partial charge in [0, 0.05) is 19.1 Å². The molecule has 0 unspecified atom stereocenters. The van der Waals surface area contributed by atoms with Crippen molar-refractivity contribution in [3.63, 3.8) is 0 Å². The molecule has 2 heterocycles. The number of nitrogens with zero attached hydrogens (tertiary/aromatic N) is 2. The minimum Gasteiger partial charge on any atom is -0.300 e. The lowest BCUT2D eigenvalue weighted by molar-refractivity contribution is 0.104. The topological polar surface area (TPSA) is 6.48 Å². The molecule has 0 aromatic rings. The summed E-state index contributed by atoms with van der Waals surface area (Å²) in [5.74, 6) is 1.43. The van der Waals surface area contributed by atoms with E-state index in [1.165, 1.54) is 63.9 Å². The van der Waals surface area contributed by atoms with Crippen molar-refractivity contribution < 1.29 is 0 Å². The molecule has 0 aromatic heterocycles. The van der Waals surface area contributed by atoms with Crippen molar-refractivity contribution in [1.29, 1.82) is 0 Å². The van der Waals surface area contributed by atoms with Crippen LogP contribution in [0.2, 0.25) is 0 Å². The number of likely N-dealkylation sites (tertiary alicyclic amines) is 1. The van der Waals surface area contributed by atoms with E-state index in [0.29, 0.717) is 5.92 Å². The first-order valence-electron chi connectivity index (χ1n) is 9.25. The Morgan fingerprint density at radius 3 is 1.95 bits per heavy atom. The van der Waals surface area contributed by atoms with Gasteiger partial charge < -0.3 is 4.90 Å². The lowest BCUT2D eigenvalue weighted by atomic mass is 9.83. The molecule has 130 valence electrons. The summed E-state index contributed by atoms with van der Waals surface area (Å²) in [6.07, 6.45) is 8.83. The molecule has 0 spiro atoms. The Morgan fingerprint density at radius 1 is 1.05 bits per heavy atom. The molecule has 0 amide bonds. The van der Waals surface area contributed by atoms with Gasteiger partial charge in [-0.1, -0.05) is 58.2 Å². The standard InChI is InChI=1S/C16H30N2S.C3H8/c1-13(2)14(3)15-5-9-17(10-6-15)16-7-11-18(19-4)12-8-16;1-3-2/h13,15-16H,3,5-12H2,1-2,4H3;3H2,1-2H3. The van der Waals surface area contributed by atoms with Crippen molar-refractivity contribution in [2.45, 2.75) is 65.8 Å². The maximum atomic E-state index is 4.31. The minimum absolute atomic E-state index is 0.654. The average molecular weight is 327 g/mol. The lowest BCUT2D eigenvalue weighted by Crippen LogP contribution is -2.46. The van der Waals surface area contributed by atoms with Crippen LogP contribution in [0.1, 0.15) is 59.8 Å². The van der Waals surface area contributed by atoms with Gasteiger partial charge in [-0.05, 0) is 56.9 Å². The van der Waals surface area contributed by atoms with Crippen LogP contribution < -0.4 is 0 Å². The summed E-state index contributed by atoms with van der Waals surface area (Å²) in [6, 6.07) is 0.844. The second-order valence-corrected chi connectivity index (χ2v) is 7.97. The third-order valence-electron chi connectivity index (χ3n) is 4.99. The normalized spacial score (nSPS) is 22.5. The number of rotatable bonds is 4. The highest BCUT2D eigenvalue weighted by Gasteiger charge is 2.29. The van der Waals surface area contributed by atoms with E-state index in [9.17, 15) is 0 Å². The van der Waals surface area contributed by atoms with Gasteiger partial charge in [-0.2, -0.15) is 0 Å². The summed E-state index contributed by atoms with van der Waals surface area (Å²) < 4.78 is 2.50. The van der Waals surface area contributed by atoms with Gasteiger partial charge in [-0.25, -0.2) is 0 Å². The van der Waals surface area contributed by atoms with Crippen LogP contribution in [0.3, 0.4) is 0 Å². The molecular weight excluding hydrogens is 288 g/mol. The number of hydrogen-bond acceptors (Lipinski definition) is 3. The van der Waals surface area contributed by atoms with E-state index >= 15 is 0 Å². The Labute approximate surface area is 143 Å². The smallest absolute Gasteiger partial charge is 0.0120 e. The van der Waals surface area contributed by atoms with E-state index in [1.54, 1.807) is 0 Å². The lowest BCUT2D eigenvalue weighted by Gasteiger charge is -2.42. The van der Waals surface area contributed by atoms with Gasteiger partial charge in [0.1, 0.15) is 0 Å². The van der Waals surface area contributed by atoms with Crippen molar-refractivity contribution in [3.05, 3.63) is 12.2 Å². The highest BCUT2D eigenvalue weighted by Crippen LogP contribution is 2.31. The number of allylic oxidation sites excluding steroid dienone is 1. The van der Waals surface area contributed by atoms with E-state index in [4.69, 9.17) is 0 Å². The molecule has 0 atom stereocenters. The predicted molar refractivity (Wildman–Crippen MR) is 102 cm³/mol. The predicted octanol–water partition coefficient (Wildman–Crippen LogP) is 5.07. The van der Waals surface area contributed by atoms with E-state index in [0.717, 1.165) is 12.0 Å². The summed E-state index contributed by atoms with van der Waals surface area (Å²) >= 11 is 1.91. The van der Waals surface area contributed by atoms with Crippen LogP contribution in [0.15, 0.2) is 12.2 Å². The third kappa shape index (κ3) is 6.25. The average Bonchev–Trinajstić information content (AvgIpc) is 2.55. The van der Waals surface area contributed by atoms with Gasteiger partial charge >= 0.3 is 0 Å². The largest absolute Gasteiger partial charge is 0.300 e. The molecule has 0 bridgehead atoms. The number of piperidine rings is 2. The molecule has 2 nitrogen and oxygen atoms in total. The van der Waals surface area contributed by atoms with Gasteiger partial charge in [0.15, 0.2) is 0 Å². The van der Waals surface area contributed by atoms with Gasteiger partial charge in [-0.15, -0.1) is 0 Å². The fourth-order valence-corrected chi connectivity index (χ4v) is 4.07. The number of hydrogen-bond donors (Lipinski definition) is 0. The quantitative estimate of drug-likeness (QED) is 0.526. The molecule has 0 aliphatic carbocycles. The monoisotopic (exact) mass is 326 g/mol. The molecule has 3 heteroatoms. The highest BCUT2D eigenvalue weighted by molar-refractivity contribution is 7.96. The summed E-state index contributed by atoms with van der Waals surface area (Å²) in [6.45, 7) is 18.2. The fourth-order valence-electron chi connectivity index (χ4n) is 3.50. The minimum atomic E-state index is 0.654. The Balaban J connectivity index is 0.000000745. The zero-order chi connectivity index (χ0) is 16.5. The Morgan fingerprint density at radius 2 is 1.55 bits per heavy atom. The maximum Gasteiger partial charge on any atom is 0.0120 e. The van der Waals surface area contributed by atoms with Crippen LogP contribution in [-0.4, -0.2) is 47.7 Å². The molecular formula is C19H38N2S. The molecule has 0 N–H and O–H groups in total.